The second-order valence-electron chi connectivity index (χ2n) is 11.6. The number of carbonyl (C=O) groups is 1. The van der Waals surface area contributed by atoms with Crippen molar-refractivity contribution < 1.29 is 39.0 Å². The molecule has 0 spiro atoms. The largest absolute Gasteiger partial charge is 0.493 e. The van der Waals surface area contributed by atoms with Crippen LogP contribution in [0.25, 0.3) is 11.1 Å². The molecule has 1 saturated heterocycles. The van der Waals surface area contributed by atoms with Gasteiger partial charge in [0.05, 0.1) is 44.5 Å². The quantitative estimate of drug-likeness (QED) is 0.111. The normalized spacial score (nSPS) is 16.5. The fraction of sp³-hybridized carbons (Fsp3) is 0.472. The molecular formula is C36H48N2O8. The number of carbonyl (C=O) groups excluding carboxylic acids is 1. The maximum Gasteiger partial charge on any atom is 0.409 e. The lowest BCUT2D eigenvalue weighted by atomic mass is 9.85. The van der Waals surface area contributed by atoms with E-state index in [9.17, 15) is 4.79 Å². The first-order valence-electron chi connectivity index (χ1n) is 16.2. The molecule has 2 N–H and O–H groups in total. The minimum Gasteiger partial charge on any atom is -0.493 e. The number of aryl methyl sites for hydroxylation is 1. The van der Waals surface area contributed by atoms with Crippen LogP contribution in [0.5, 0.6) is 5.75 Å². The van der Waals surface area contributed by atoms with Crippen LogP contribution in [0.2, 0.25) is 0 Å². The molecule has 1 amide bonds. The van der Waals surface area contributed by atoms with Crippen molar-refractivity contribution in [3.8, 4) is 16.9 Å². The van der Waals surface area contributed by atoms with Gasteiger partial charge in [0.1, 0.15) is 5.75 Å². The first-order chi connectivity index (χ1) is 22.4. The van der Waals surface area contributed by atoms with Crippen LogP contribution in [0, 0.1) is 6.92 Å². The third kappa shape index (κ3) is 11.4. The number of nitrogens with zero attached hydrogens (tertiary/aromatic N) is 2. The van der Waals surface area contributed by atoms with Crippen molar-refractivity contribution in [3.05, 3.63) is 89.5 Å². The minimum absolute atomic E-state index is 0.0974. The molecule has 1 fully saturated rings. The monoisotopic (exact) mass is 636 g/mol. The molecule has 0 aromatic heterocycles. The van der Waals surface area contributed by atoms with Gasteiger partial charge in [0, 0.05) is 38.2 Å². The zero-order chi connectivity index (χ0) is 32.6. The first-order valence-corrected chi connectivity index (χ1v) is 16.2. The van der Waals surface area contributed by atoms with Gasteiger partial charge in [-0.05, 0) is 60.9 Å². The summed E-state index contributed by atoms with van der Waals surface area (Å²) >= 11 is 0. The topological polar surface area (TPSA) is 110 Å². The molecule has 0 bridgehead atoms. The highest BCUT2D eigenvalue weighted by molar-refractivity contribution is 5.68. The summed E-state index contributed by atoms with van der Waals surface area (Å²) in [5.41, 5.74) is 5.59. The van der Waals surface area contributed by atoms with Crippen molar-refractivity contribution in [1.82, 2.24) is 10.3 Å². The van der Waals surface area contributed by atoms with Gasteiger partial charge in [0.2, 0.25) is 0 Å². The lowest BCUT2D eigenvalue weighted by Gasteiger charge is -2.38. The molecule has 1 aliphatic heterocycles. The lowest BCUT2D eigenvalue weighted by molar-refractivity contribution is -0.492. The number of likely N-dealkylation sites (tertiary alicyclic amines) is 1. The van der Waals surface area contributed by atoms with Crippen molar-refractivity contribution in [1.29, 1.82) is 0 Å². The summed E-state index contributed by atoms with van der Waals surface area (Å²) in [5, 5.41) is 16.9. The van der Waals surface area contributed by atoms with Gasteiger partial charge in [-0.15, -0.1) is 0 Å². The predicted molar refractivity (Wildman–Crippen MR) is 174 cm³/mol. The highest BCUT2D eigenvalue weighted by Crippen LogP contribution is 2.34. The van der Waals surface area contributed by atoms with E-state index in [1.165, 1.54) is 5.56 Å². The van der Waals surface area contributed by atoms with Crippen LogP contribution in [0.15, 0.2) is 72.8 Å². The number of hydrogen-bond donors (Lipinski definition) is 2. The molecule has 1 unspecified atom stereocenters. The Labute approximate surface area is 272 Å². The summed E-state index contributed by atoms with van der Waals surface area (Å²) in [6, 6.07) is 25.1. The van der Waals surface area contributed by atoms with E-state index in [1.54, 1.807) is 12.0 Å². The van der Waals surface area contributed by atoms with E-state index in [0.29, 0.717) is 45.9 Å². The molecule has 0 saturated carbocycles. The number of benzene rings is 3. The molecular weight excluding hydrogens is 588 g/mol. The standard InChI is InChI=1S/C36H48N2O8/c1-28-16-17-32(34(24-28)43-22-11-20-42-2)27-45-35-26-37(36(39)44-21-8-3-4-9-23-46-38(40)41)19-18-33(35)31-15-10-14-30(25-31)29-12-6-5-7-13-29/h5-7,10,12-17,24-25,33,35,40-41H,3-4,8-9,11,18-23,26-27H2,1-2H3/t33-,35?/m1/s1. The van der Waals surface area contributed by atoms with Crippen LogP contribution in [0.4, 0.5) is 4.79 Å². The third-order valence-corrected chi connectivity index (χ3v) is 8.14. The molecule has 250 valence electrons. The van der Waals surface area contributed by atoms with E-state index in [1.807, 2.05) is 31.2 Å². The third-order valence-electron chi connectivity index (χ3n) is 8.14. The molecule has 0 aliphatic carbocycles. The SMILES string of the molecule is COCCCOc1cc(C)ccc1COC1CN(C(=O)OCCCCCCON(O)O)CC[C@@H]1c1cccc(-c2ccccc2)c1. The Morgan fingerprint density at radius 2 is 1.65 bits per heavy atom. The maximum atomic E-state index is 13.1. The average Bonchev–Trinajstić information content (AvgIpc) is 3.07. The van der Waals surface area contributed by atoms with Gasteiger partial charge in [0.25, 0.3) is 0 Å². The molecule has 3 aromatic rings. The van der Waals surface area contributed by atoms with Crippen molar-refractivity contribution in [2.24, 2.45) is 0 Å². The highest BCUT2D eigenvalue weighted by Gasteiger charge is 2.34. The van der Waals surface area contributed by atoms with Crippen LogP contribution >= 0.6 is 0 Å². The Morgan fingerprint density at radius 3 is 2.43 bits per heavy atom. The van der Waals surface area contributed by atoms with E-state index in [4.69, 9.17) is 29.4 Å². The van der Waals surface area contributed by atoms with Crippen LogP contribution < -0.4 is 4.74 Å². The van der Waals surface area contributed by atoms with Gasteiger partial charge in [-0.3, -0.25) is 15.3 Å². The molecule has 46 heavy (non-hydrogen) atoms. The van der Waals surface area contributed by atoms with Gasteiger partial charge >= 0.3 is 6.09 Å². The molecule has 10 nitrogen and oxygen atoms in total. The Hall–Kier alpha value is -3.51. The van der Waals surface area contributed by atoms with Crippen molar-refractivity contribution >= 4 is 6.09 Å². The Morgan fingerprint density at radius 1 is 0.870 bits per heavy atom. The minimum atomic E-state index is -0.331. The fourth-order valence-corrected chi connectivity index (χ4v) is 5.66. The number of ether oxygens (including phenoxy) is 4. The summed E-state index contributed by atoms with van der Waals surface area (Å²) in [6.45, 7) is 5.13. The van der Waals surface area contributed by atoms with Crippen LogP contribution in [-0.2, 0) is 25.7 Å². The fourth-order valence-electron chi connectivity index (χ4n) is 5.66. The summed E-state index contributed by atoms with van der Waals surface area (Å²) in [4.78, 5) is 19.4. The Kier molecular flexibility index (Phi) is 14.8. The summed E-state index contributed by atoms with van der Waals surface area (Å²) in [6.07, 6.45) is 4.03. The van der Waals surface area contributed by atoms with E-state index in [-0.39, 0.29) is 30.1 Å². The van der Waals surface area contributed by atoms with Crippen molar-refractivity contribution in [3.63, 3.8) is 0 Å². The number of methoxy groups -OCH3 is 1. The smallest absolute Gasteiger partial charge is 0.409 e. The van der Waals surface area contributed by atoms with Crippen LogP contribution in [0.3, 0.4) is 0 Å². The Balaban J connectivity index is 1.42. The predicted octanol–water partition coefficient (Wildman–Crippen LogP) is 7.16. The molecule has 1 aliphatic rings. The van der Waals surface area contributed by atoms with Gasteiger partial charge in [-0.2, -0.15) is 0 Å². The van der Waals surface area contributed by atoms with Crippen molar-refractivity contribution in [2.75, 3.05) is 46.6 Å². The second-order valence-corrected chi connectivity index (χ2v) is 11.6. The number of hydrogen-bond acceptors (Lipinski definition) is 9. The molecule has 3 aromatic carbocycles. The van der Waals surface area contributed by atoms with Gasteiger partial charge in [-0.25, -0.2) is 4.79 Å². The van der Waals surface area contributed by atoms with Gasteiger partial charge < -0.3 is 23.8 Å². The molecule has 10 heteroatoms. The number of amides is 1. The van der Waals surface area contributed by atoms with Crippen molar-refractivity contribution in [2.45, 2.75) is 64.1 Å². The number of unbranched alkanes of at least 4 members (excludes halogenated alkanes) is 3. The average molecular weight is 637 g/mol. The zero-order valence-electron chi connectivity index (χ0n) is 27.0. The summed E-state index contributed by atoms with van der Waals surface area (Å²) in [5.74, 6) is 0.905. The first kappa shape index (κ1) is 35.3. The number of rotatable bonds is 18. The summed E-state index contributed by atoms with van der Waals surface area (Å²) < 4.78 is 23.6. The molecule has 2 atom stereocenters. The molecule has 1 heterocycles. The zero-order valence-corrected chi connectivity index (χ0v) is 27.0. The van der Waals surface area contributed by atoms with Crippen LogP contribution in [-0.4, -0.2) is 79.5 Å². The van der Waals surface area contributed by atoms with Crippen LogP contribution in [0.1, 0.15) is 61.1 Å². The van der Waals surface area contributed by atoms with E-state index in [2.05, 4.69) is 53.4 Å². The van der Waals surface area contributed by atoms with Gasteiger partial charge in [0.15, 0.2) is 0 Å². The second kappa shape index (κ2) is 19.2. The van der Waals surface area contributed by atoms with E-state index >= 15 is 0 Å². The highest BCUT2D eigenvalue weighted by atomic mass is 17.1. The molecule has 4 rings (SSSR count). The van der Waals surface area contributed by atoms with E-state index in [0.717, 1.165) is 60.1 Å². The number of piperidine rings is 1. The van der Waals surface area contributed by atoms with E-state index < -0.39 is 0 Å². The lowest BCUT2D eigenvalue weighted by Crippen LogP contribution is -2.47. The Bertz CT molecular complexity index is 1320. The maximum absolute atomic E-state index is 13.1. The molecule has 0 radical (unpaired) electrons. The summed E-state index contributed by atoms with van der Waals surface area (Å²) in [7, 11) is 1.69. The van der Waals surface area contributed by atoms with Gasteiger partial charge in [-0.1, -0.05) is 73.2 Å².